The molecule has 0 aliphatic heterocycles. The Balaban J connectivity index is 1.71. The van der Waals surface area contributed by atoms with Crippen LogP contribution in [0, 0.1) is 5.92 Å². The summed E-state index contributed by atoms with van der Waals surface area (Å²) in [7, 11) is 0. The van der Waals surface area contributed by atoms with Crippen molar-refractivity contribution in [3.63, 3.8) is 0 Å². The highest BCUT2D eigenvalue weighted by Gasteiger charge is 2.29. The average molecular weight is 233 g/mol. The van der Waals surface area contributed by atoms with E-state index < -0.39 is 0 Å². The van der Waals surface area contributed by atoms with Crippen molar-refractivity contribution in [3.8, 4) is 0 Å². The molecular formula is C12H11NO2S. The van der Waals surface area contributed by atoms with Crippen molar-refractivity contribution in [2.45, 2.75) is 18.1 Å². The highest BCUT2D eigenvalue weighted by atomic mass is 32.2. The Hall–Kier alpha value is -1.29. The van der Waals surface area contributed by atoms with Crippen molar-refractivity contribution in [1.82, 2.24) is 4.98 Å². The molecule has 1 fully saturated rings. The van der Waals surface area contributed by atoms with Gasteiger partial charge >= 0.3 is 0 Å². The lowest BCUT2D eigenvalue weighted by molar-refractivity contribution is -0.117. The van der Waals surface area contributed by atoms with Crippen LogP contribution in [0.3, 0.4) is 0 Å². The number of carbonyl (C=O) groups excluding carboxylic acids is 1. The van der Waals surface area contributed by atoms with Crippen molar-refractivity contribution in [2.24, 2.45) is 5.92 Å². The van der Waals surface area contributed by atoms with Crippen LogP contribution < -0.4 is 0 Å². The van der Waals surface area contributed by atoms with Crippen molar-refractivity contribution in [3.05, 3.63) is 24.3 Å². The molecule has 1 heterocycles. The molecule has 3 nitrogen and oxygen atoms in total. The van der Waals surface area contributed by atoms with E-state index in [2.05, 4.69) is 4.98 Å². The third kappa shape index (κ3) is 1.97. The first-order chi connectivity index (χ1) is 7.83. The Morgan fingerprint density at radius 3 is 3.00 bits per heavy atom. The van der Waals surface area contributed by atoms with E-state index in [0.717, 1.165) is 23.9 Å². The molecule has 1 aliphatic rings. The molecule has 2 aromatic rings. The zero-order valence-electron chi connectivity index (χ0n) is 8.68. The van der Waals surface area contributed by atoms with E-state index in [1.54, 1.807) is 0 Å². The lowest BCUT2D eigenvalue weighted by Crippen LogP contribution is -2.02. The summed E-state index contributed by atoms with van der Waals surface area (Å²) in [5.74, 6) is 1.13. The van der Waals surface area contributed by atoms with E-state index >= 15 is 0 Å². The van der Waals surface area contributed by atoms with Crippen LogP contribution >= 0.6 is 11.8 Å². The normalized spacial score (nSPS) is 15.5. The first-order valence-corrected chi connectivity index (χ1v) is 6.32. The van der Waals surface area contributed by atoms with Gasteiger partial charge in [-0.1, -0.05) is 23.9 Å². The minimum Gasteiger partial charge on any atom is -0.431 e. The van der Waals surface area contributed by atoms with Crippen LogP contribution in [0.4, 0.5) is 0 Å². The van der Waals surface area contributed by atoms with E-state index in [0.29, 0.717) is 22.7 Å². The van der Waals surface area contributed by atoms with Crippen LogP contribution in [0.25, 0.3) is 11.1 Å². The zero-order chi connectivity index (χ0) is 11.0. The molecule has 1 saturated carbocycles. The lowest BCUT2D eigenvalue weighted by Gasteiger charge is -1.93. The Labute approximate surface area is 97.2 Å². The van der Waals surface area contributed by atoms with Crippen molar-refractivity contribution in [1.29, 1.82) is 0 Å². The molecule has 16 heavy (non-hydrogen) atoms. The Morgan fingerprint density at radius 1 is 1.44 bits per heavy atom. The number of benzene rings is 1. The number of hydrogen-bond acceptors (Lipinski definition) is 4. The fourth-order valence-corrected chi connectivity index (χ4v) is 2.38. The number of Topliss-reactive ketones (excluding diaryl/α,β-unsaturated/α-hetero) is 1. The van der Waals surface area contributed by atoms with Gasteiger partial charge in [0.2, 0.25) is 0 Å². The third-order valence-electron chi connectivity index (χ3n) is 2.64. The maximum atomic E-state index is 11.5. The number of rotatable bonds is 4. The van der Waals surface area contributed by atoms with Gasteiger partial charge in [0.15, 0.2) is 5.58 Å². The van der Waals surface area contributed by atoms with Gasteiger partial charge in [-0.05, 0) is 25.0 Å². The van der Waals surface area contributed by atoms with E-state index in [9.17, 15) is 4.79 Å². The molecule has 0 saturated heterocycles. The van der Waals surface area contributed by atoms with Crippen molar-refractivity contribution in [2.75, 3.05) is 5.75 Å². The number of carbonyl (C=O) groups is 1. The molecule has 3 rings (SSSR count). The number of nitrogens with zero attached hydrogens (tertiary/aromatic N) is 1. The zero-order valence-corrected chi connectivity index (χ0v) is 9.50. The summed E-state index contributed by atoms with van der Waals surface area (Å²) in [6.45, 7) is 0. The summed E-state index contributed by atoms with van der Waals surface area (Å²) in [4.78, 5) is 15.8. The third-order valence-corrected chi connectivity index (χ3v) is 3.50. The molecular weight excluding hydrogens is 222 g/mol. The Morgan fingerprint density at radius 2 is 2.25 bits per heavy atom. The number of ketones is 1. The molecule has 0 N–H and O–H groups in total. The molecule has 82 valence electrons. The lowest BCUT2D eigenvalue weighted by atomic mass is 10.3. The van der Waals surface area contributed by atoms with Crippen LogP contribution in [-0.2, 0) is 4.79 Å². The van der Waals surface area contributed by atoms with Gasteiger partial charge in [-0.2, -0.15) is 0 Å². The van der Waals surface area contributed by atoms with Gasteiger partial charge in [0, 0.05) is 5.92 Å². The molecule has 1 aromatic carbocycles. The highest BCUT2D eigenvalue weighted by Crippen LogP contribution is 2.32. The standard InChI is InChI=1S/C12H11NO2S/c14-10(8-5-6-8)7-16-12-13-9-3-1-2-4-11(9)15-12/h1-4,8H,5-7H2. The molecule has 0 bridgehead atoms. The van der Waals surface area contributed by atoms with E-state index in [-0.39, 0.29) is 0 Å². The number of hydrogen-bond donors (Lipinski definition) is 0. The number of fused-ring (bicyclic) bond motifs is 1. The van der Waals surface area contributed by atoms with Gasteiger partial charge in [0.1, 0.15) is 11.3 Å². The maximum Gasteiger partial charge on any atom is 0.257 e. The fraction of sp³-hybridized carbons (Fsp3) is 0.333. The molecule has 0 atom stereocenters. The summed E-state index contributed by atoms with van der Waals surface area (Å²) < 4.78 is 5.52. The van der Waals surface area contributed by atoms with E-state index in [1.165, 1.54) is 11.8 Å². The Kier molecular flexibility index (Phi) is 2.44. The first kappa shape index (κ1) is 9.90. The van der Waals surface area contributed by atoms with Gasteiger partial charge in [-0.15, -0.1) is 0 Å². The van der Waals surface area contributed by atoms with Gasteiger partial charge in [-0.3, -0.25) is 4.79 Å². The maximum absolute atomic E-state index is 11.5. The molecule has 0 unspecified atom stereocenters. The van der Waals surface area contributed by atoms with Gasteiger partial charge < -0.3 is 4.42 Å². The summed E-state index contributed by atoms with van der Waals surface area (Å²) in [6.07, 6.45) is 2.12. The largest absolute Gasteiger partial charge is 0.431 e. The number of thioether (sulfide) groups is 1. The van der Waals surface area contributed by atoms with Crippen molar-refractivity contribution >= 4 is 28.6 Å². The minimum absolute atomic E-state index is 0.317. The number of para-hydroxylation sites is 2. The van der Waals surface area contributed by atoms with Crippen LogP contribution in [0.5, 0.6) is 0 Å². The number of aromatic nitrogens is 1. The second-order valence-corrected chi connectivity index (χ2v) is 4.90. The second-order valence-electron chi connectivity index (χ2n) is 3.98. The molecule has 1 aliphatic carbocycles. The smallest absolute Gasteiger partial charge is 0.257 e. The fourth-order valence-electron chi connectivity index (χ4n) is 1.57. The van der Waals surface area contributed by atoms with Crippen LogP contribution in [-0.4, -0.2) is 16.5 Å². The molecule has 0 radical (unpaired) electrons. The second kappa shape index (κ2) is 3.94. The van der Waals surface area contributed by atoms with E-state index in [1.807, 2.05) is 24.3 Å². The van der Waals surface area contributed by atoms with Gasteiger partial charge in [-0.25, -0.2) is 4.98 Å². The van der Waals surface area contributed by atoms with Crippen LogP contribution in [0.15, 0.2) is 33.9 Å². The van der Waals surface area contributed by atoms with Crippen molar-refractivity contribution < 1.29 is 9.21 Å². The van der Waals surface area contributed by atoms with Gasteiger partial charge in [0.05, 0.1) is 5.75 Å². The average Bonchev–Trinajstić information content (AvgIpc) is 3.06. The summed E-state index contributed by atoms with van der Waals surface area (Å²) in [6, 6.07) is 7.63. The molecule has 0 spiro atoms. The van der Waals surface area contributed by atoms with Gasteiger partial charge in [0.25, 0.3) is 5.22 Å². The summed E-state index contributed by atoms with van der Waals surface area (Å²) >= 11 is 1.40. The first-order valence-electron chi connectivity index (χ1n) is 5.34. The topological polar surface area (TPSA) is 43.1 Å². The highest BCUT2D eigenvalue weighted by molar-refractivity contribution is 7.99. The summed E-state index contributed by atoms with van der Waals surface area (Å²) in [5, 5.41) is 0.593. The molecule has 4 heteroatoms. The molecule has 0 amide bonds. The monoisotopic (exact) mass is 233 g/mol. The van der Waals surface area contributed by atoms with Crippen LogP contribution in [0.2, 0.25) is 0 Å². The predicted molar refractivity (Wildman–Crippen MR) is 62.5 cm³/mol. The summed E-state index contributed by atoms with van der Waals surface area (Å²) in [5.41, 5.74) is 1.63. The quantitative estimate of drug-likeness (QED) is 0.761. The predicted octanol–water partition coefficient (Wildman–Crippen LogP) is 2.90. The van der Waals surface area contributed by atoms with E-state index in [4.69, 9.17) is 4.42 Å². The SMILES string of the molecule is O=C(CSc1nc2ccccc2o1)C1CC1. The molecule has 1 aromatic heterocycles. The minimum atomic E-state index is 0.317. The van der Waals surface area contributed by atoms with Crippen LogP contribution in [0.1, 0.15) is 12.8 Å². The number of oxazole rings is 1. The Bertz CT molecular complexity index is 498.